The SMILES string of the molecule is C[C@@H]1CN2c3c(cc4c(-n5cc(CO)cn5)noc4c3F)CC3(C=NCN=C3)[C@H]2[C@H](C)O1. The number of morpholine rings is 1. The van der Waals surface area contributed by atoms with Gasteiger partial charge in [-0.2, -0.15) is 5.10 Å². The first-order chi connectivity index (χ1) is 15.5. The lowest BCUT2D eigenvalue weighted by molar-refractivity contribution is -0.0432. The molecule has 1 N–H and O–H groups in total. The van der Waals surface area contributed by atoms with Crippen LogP contribution in [0.1, 0.15) is 25.0 Å². The van der Waals surface area contributed by atoms with Gasteiger partial charge < -0.3 is 19.3 Å². The van der Waals surface area contributed by atoms with Gasteiger partial charge in [0.2, 0.25) is 11.4 Å². The zero-order valence-electron chi connectivity index (χ0n) is 17.8. The smallest absolute Gasteiger partial charge is 0.206 e. The van der Waals surface area contributed by atoms with E-state index in [1.165, 1.54) is 4.68 Å². The monoisotopic (exact) mass is 438 g/mol. The molecule has 166 valence electrons. The third-order valence-corrected chi connectivity index (χ3v) is 6.62. The van der Waals surface area contributed by atoms with Gasteiger partial charge in [0.25, 0.3) is 0 Å². The number of hydrogen-bond acceptors (Lipinski definition) is 8. The number of halogens is 1. The third kappa shape index (κ3) is 2.69. The molecule has 6 rings (SSSR count). The number of hydrogen-bond donors (Lipinski definition) is 1. The number of anilines is 1. The second kappa shape index (κ2) is 6.94. The van der Waals surface area contributed by atoms with Crippen molar-refractivity contribution in [3.05, 3.63) is 35.4 Å². The summed E-state index contributed by atoms with van der Waals surface area (Å²) in [6, 6.07) is 1.80. The Morgan fingerprint density at radius 2 is 2.09 bits per heavy atom. The van der Waals surface area contributed by atoms with E-state index >= 15 is 4.39 Å². The van der Waals surface area contributed by atoms with Gasteiger partial charge in [0.1, 0.15) is 6.67 Å². The second-order valence-electron chi connectivity index (χ2n) is 8.84. The van der Waals surface area contributed by atoms with Crippen LogP contribution in [-0.4, -0.2) is 63.9 Å². The predicted octanol–water partition coefficient (Wildman–Crippen LogP) is 2.28. The van der Waals surface area contributed by atoms with Gasteiger partial charge in [0.15, 0.2) is 5.82 Å². The fourth-order valence-corrected chi connectivity index (χ4v) is 5.50. The third-order valence-electron chi connectivity index (χ3n) is 6.62. The zero-order valence-corrected chi connectivity index (χ0v) is 17.8. The summed E-state index contributed by atoms with van der Waals surface area (Å²) in [6.45, 7) is 4.83. The van der Waals surface area contributed by atoms with Crippen molar-refractivity contribution in [1.29, 1.82) is 0 Å². The fourth-order valence-electron chi connectivity index (χ4n) is 5.50. The first-order valence-corrected chi connectivity index (χ1v) is 10.7. The Morgan fingerprint density at radius 3 is 2.84 bits per heavy atom. The molecule has 0 amide bonds. The fraction of sp³-hybridized carbons (Fsp3) is 0.455. The Hall–Kier alpha value is -3.11. The molecule has 1 fully saturated rings. The molecule has 5 heterocycles. The molecule has 0 saturated carbocycles. The number of fused-ring (bicyclic) bond motifs is 5. The lowest BCUT2D eigenvalue weighted by Gasteiger charge is -2.54. The molecular weight excluding hydrogens is 415 g/mol. The number of aromatic nitrogens is 3. The van der Waals surface area contributed by atoms with E-state index in [1.54, 1.807) is 12.4 Å². The van der Waals surface area contributed by atoms with Crippen LogP contribution in [0, 0.1) is 11.2 Å². The molecule has 3 aromatic rings. The van der Waals surface area contributed by atoms with E-state index in [2.05, 4.69) is 25.1 Å². The molecule has 0 radical (unpaired) electrons. The number of rotatable bonds is 2. The highest BCUT2D eigenvalue weighted by Gasteiger charge is 2.52. The summed E-state index contributed by atoms with van der Waals surface area (Å²) in [5.41, 5.74) is 1.60. The number of ether oxygens (including phenoxy) is 1. The van der Waals surface area contributed by atoms with E-state index < -0.39 is 11.2 Å². The Balaban J connectivity index is 1.56. The van der Waals surface area contributed by atoms with Crippen LogP contribution in [0.15, 0.2) is 33.0 Å². The van der Waals surface area contributed by atoms with Crippen molar-refractivity contribution in [2.75, 3.05) is 18.1 Å². The van der Waals surface area contributed by atoms with Gasteiger partial charge in [-0.25, -0.2) is 9.07 Å². The van der Waals surface area contributed by atoms with Crippen molar-refractivity contribution >= 4 is 29.1 Å². The predicted molar refractivity (Wildman–Crippen MR) is 116 cm³/mol. The molecule has 3 aliphatic rings. The molecule has 0 unspecified atom stereocenters. The standard InChI is InChI=1S/C22H23FN6O3/c1-12-6-28-18-15(4-22(9-24-11-25-10-22)20(28)13(2)31-12)3-16-19(17(18)23)32-27-21(16)29-7-14(8-30)5-26-29/h3,5,7,9-10,12-13,20,30H,4,6,8,11H2,1-2H3/t12-,13+,20-/m1/s1. The second-order valence-corrected chi connectivity index (χ2v) is 8.84. The van der Waals surface area contributed by atoms with E-state index in [0.29, 0.717) is 42.1 Å². The van der Waals surface area contributed by atoms with Crippen LogP contribution in [0.2, 0.25) is 0 Å². The van der Waals surface area contributed by atoms with Crippen molar-refractivity contribution in [1.82, 2.24) is 14.9 Å². The summed E-state index contributed by atoms with van der Waals surface area (Å²) < 4.78 is 29.1. The molecular formula is C22H23FN6O3. The summed E-state index contributed by atoms with van der Waals surface area (Å²) in [6.07, 6.45) is 7.45. The Labute approximate surface area is 183 Å². The Morgan fingerprint density at radius 1 is 1.28 bits per heavy atom. The number of aliphatic imine (C=N–C) groups is 2. The lowest BCUT2D eigenvalue weighted by Crippen LogP contribution is -2.65. The molecule has 1 spiro atoms. The van der Waals surface area contributed by atoms with Crippen LogP contribution in [-0.2, 0) is 17.8 Å². The van der Waals surface area contributed by atoms with E-state index in [9.17, 15) is 5.11 Å². The first kappa shape index (κ1) is 19.6. The average Bonchev–Trinajstić information content (AvgIpc) is 3.40. The molecule has 1 aromatic carbocycles. The van der Waals surface area contributed by atoms with Gasteiger partial charge in [-0.15, -0.1) is 0 Å². The number of benzene rings is 1. The van der Waals surface area contributed by atoms with E-state index in [1.807, 2.05) is 32.3 Å². The van der Waals surface area contributed by atoms with Crippen molar-refractivity contribution in [3.8, 4) is 5.82 Å². The highest BCUT2D eigenvalue weighted by atomic mass is 19.1. The first-order valence-electron chi connectivity index (χ1n) is 10.7. The highest BCUT2D eigenvalue weighted by Crippen LogP contribution is 2.47. The van der Waals surface area contributed by atoms with Gasteiger partial charge in [-0.05, 0) is 31.9 Å². The minimum atomic E-state index is -0.488. The number of nitrogens with zero attached hydrogens (tertiary/aromatic N) is 6. The Kier molecular flexibility index (Phi) is 4.25. The molecule has 2 aromatic heterocycles. The van der Waals surface area contributed by atoms with Gasteiger partial charge in [-0.1, -0.05) is 5.16 Å². The van der Waals surface area contributed by atoms with Crippen LogP contribution < -0.4 is 4.90 Å². The minimum absolute atomic E-state index is 0.0527. The molecule has 3 atom stereocenters. The minimum Gasteiger partial charge on any atom is -0.392 e. The normalized spacial score (nSPS) is 26.0. The van der Waals surface area contributed by atoms with E-state index in [0.717, 1.165) is 5.56 Å². The molecule has 0 aliphatic carbocycles. The quantitative estimate of drug-likeness (QED) is 0.659. The summed E-state index contributed by atoms with van der Waals surface area (Å²) in [5, 5.41) is 18.2. The number of aliphatic hydroxyl groups excluding tert-OH is 1. The van der Waals surface area contributed by atoms with Gasteiger partial charge in [0, 0.05) is 30.7 Å². The van der Waals surface area contributed by atoms with Crippen molar-refractivity contribution in [3.63, 3.8) is 0 Å². The molecule has 10 heteroatoms. The van der Waals surface area contributed by atoms with E-state index in [4.69, 9.17) is 9.26 Å². The zero-order chi connectivity index (χ0) is 22.0. The van der Waals surface area contributed by atoms with Crippen LogP contribution in [0.5, 0.6) is 0 Å². The maximum Gasteiger partial charge on any atom is 0.206 e. The van der Waals surface area contributed by atoms with Gasteiger partial charge >= 0.3 is 0 Å². The lowest BCUT2D eigenvalue weighted by atomic mass is 9.69. The largest absolute Gasteiger partial charge is 0.392 e. The maximum atomic E-state index is 16.0. The van der Waals surface area contributed by atoms with Crippen LogP contribution in [0.3, 0.4) is 0 Å². The summed E-state index contributed by atoms with van der Waals surface area (Å²) in [7, 11) is 0. The maximum absolute atomic E-state index is 16.0. The topological polar surface area (TPSA) is 101 Å². The van der Waals surface area contributed by atoms with Crippen molar-refractivity contribution in [2.24, 2.45) is 15.4 Å². The van der Waals surface area contributed by atoms with Crippen LogP contribution in [0.4, 0.5) is 10.1 Å². The summed E-state index contributed by atoms with van der Waals surface area (Å²) >= 11 is 0. The van der Waals surface area contributed by atoms with Gasteiger partial charge in [-0.3, -0.25) is 9.98 Å². The van der Waals surface area contributed by atoms with Crippen LogP contribution >= 0.6 is 0 Å². The Bertz CT molecular complexity index is 1250. The molecule has 32 heavy (non-hydrogen) atoms. The van der Waals surface area contributed by atoms with Crippen LogP contribution in [0.25, 0.3) is 16.8 Å². The highest BCUT2D eigenvalue weighted by molar-refractivity contribution is 5.96. The molecule has 1 saturated heterocycles. The molecule has 0 bridgehead atoms. The van der Waals surface area contributed by atoms with Gasteiger partial charge in [0.05, 0.1) is 47.5 Å². The summed E-state index contributed by atoms with van der Waals surface area (Å²) in [5.74, 6) is -0.0520. The van der Waals surface area contributed by atoms with E-state index in [-0.39, 0.29) is 30.4 Å². The van der Waals surface area contributed by atoms with Crippen molar-refractivity contribution in [2.45, 2.75) is 45.1 Å². The number of aliphatic hydroxyl groups is 1. The molecule has 9 nitrogen and oxygen atoms in total. The van der Waals surface area contributed by atoms with Crippen molar-refractivity contribution < 1.29 is 18.8 Å². The average molecular weight is 438 g/mol. The summed E-state index contributed by atoms with van der Waals surface area (Å²) in [4.78, 5) is 11.0. The molecule has 3 aliphatic heterocycles.